The molecule has 1 aliphatic carbocycles. The quantitative estimate of drug-likeness (QED) is 0.580. The Kier molecular flexibility index (Phi) is 3.21. The van der Waals surface area contributed by atoms with Gasteiger partial charge in [0, 0.05) is 34.6 Å². The van der Waals surface area contributed by atoms with E-state index in [1.807, 2.05) is 42.5 Å². The largest absolute Gasteiger partial charge is 0.494 e. The van der Waals surface area contributed by atoms with Gasteiger partial charge in [0.25, 0.3) is 0 Å². The molecule has 132 valence electrons. The molecule has 0 bridgehead atoms. The van der Waals surface area contributed by atoms with E-state index in [9.17, 15) is 5.11 Å². The van der Waals surface area contributed by atoms with E-state index in [0.717, 1.165) is 27.7 Å². The zero-order valence-electron chi connectivity index (χ0n) is 14.5. The van der Waals surface area contributed by atoms with Crippen LogP contribution in [0.2, 0.25) is 0 Å². The van der Waals surface area contributed by atoms with Gasteiger partial charge in [-0.05, 0) is 18.2 Å². The number of ether oxygens (including phenoxy) is 1. The number of methoxy groups -OCH3 is 1. The number of fused-ring (bicyclic) bond motifs is 2. The van der Waals surface area contributed by atoms with E-state index in [1.165, 1.54) is 0 Å². The Balaban J connectivity index is 1.85. The standard InChI is InChI=1S/C21H16N4O2/c1-27-17-10-23-9-8-13(17)14-6-3-7-15-19(22)18-16(24-20(14)15)11-25(21(18)26)12-4-2-5-12/h2-11,26H,22H2,1H3. The highest BCUT2D eigenvalue weighted by Gasteiger charge is 2.20. The van der Waals surface area contributed by atoms with E-state index in [1.54, 1.807) is 30.3 Å². The van der Waals surface area contributed by atoms with Crippen LogP contribution in [0, 0.1) is 0 Å². The molecule has 0 amide bonds. The van der Waals surface area contributed by atoms with Crippen molar-refractivity contribution in [3.8, 4) is 22.8 Å². The number of nitrogens with two attached hydrogens (primary N) is 1. The molecule has 6 heteroatoms. The van der Waals surface area contributed by atoms with Crippen molar-refractivity contribution in [1.82, 2.24) is 14.5 Å². The van der Waals surface area contributed by atoms with Crippen LogP contribution < -0.4 is 10.5 Å². The number of pyridine rings is 2. The second-order valence-corrected chi connectivity index (χ2v) is 6.34. The minimum atomic E-state index is 0.0967. The molecule has 0 saturated carbocycles. The summed E-state index contributed by atoms with van der Waals surface area (Å²) in [5.41, 5.74) is 11.0. The summed E-state index contributed by atoms with van der Waals surface area (Å²) < 4.78 is 7.16. The first-order chi connectivity index (χ1) is 13.2. The number of anilines is 1. The van der Waals surface area contributed by atoms with Crippen LogP contribution in [0.3, 0.4) is 0 Å². The number of aromatic hydroxyl groups is 1. The minimum Gasteiger partial charge on any atom is -0.494 e. The first-order valence-corrected chi connectivity index (χ1v) is 8.48. The Hall–Kier alpha value is -3.80. The number of para-hydroxylation sites is 1. The Morgan fingerprint density at radius 3 is 2.78 bits per heavy atom. The lowest BCUT2D eigenvalue weighted by Crippen LogP contribution is -1.95. The summed E-state index contributed by atoms with van der Waals surface area (Å²) in [5, 5.41) is 12.0. The normalized spacial score (nSPS) is 13.0. The number of rotatable bonds is 3. The summed E-state index contributed by atoms with van der Waals surface area (Å²) in [6.45, 7) is 0. The van der Waals surface area contributed by atoms with Gasteiger partial charge in [-0.25, -0.2) is 4.98 Å². The van der Waals surface area contributed by atoms with Gasteiger partial charge in [0.05, 0.1) is 35.4 Å². The van der Waals surface area contributed by atoms with Gasteiger partial charge >= 0.3 is 0 Å². The van der Waals surface area contributed by atoms with Gasteiger partial charge in [0.15, 0.2) is 0 Å². The SMILES string of the molecule is COc1cnccc1-c1cccc2c(N)c3c(O)n(C4=CC=C4)cc3nc12. The van der Waals surface area contributed by atoms with Crippen molar-refractivity contribution in [2.24, 2.45) is 0 Å². The van der Waals surface area contributed by atoms with E-state index < -0.39 is 0 Å². The predicted octanol–water partition coefficient (Wildman–Crippen LogP) is 3.96. The van der Waals surface area contributed by atoms with Gasteiger partial charge in [-0.3, -0.25) is 9.55 Å². The number of hydrogen-bond donors (Lipinski definition) is 2. The second-order valence-electron chi connectivity index (χ2n) is 6.34. The topological polar surface area (TPSA) is 86.2 Å². The molecule has 0 saturated heterocycles. The van der Waals surface area contributed by atoms with Crippen LogP contribution in [-0.2, 0) is 0 Å². The Labute approximate surface area is 154 Å². The molecule has 5 rings (SSSR count). The van der Waals surface area contributed by atoms with E-state index in [-0.39, 0.29) is 5.88 Å². The minimum absolute atomic E-state index is 0.0967. The maximum atomic E-state index is 10.7. The molecule has 6 nitrogen and oxygen atoms in total. The van der Waals surface area contributed by atoms with Gasteiger partial charge in [-0.2, -0.15) is 0 Å². The van der Waals surface area contributed by atoms with Crippen molar-refractivity contribution >= 4 is 33.2 Å². The molecular formula is C21H16N4O2. The van der Waals surface area contributed by atoms with Crippen LogP contribution >= 0.6 is 0 Å². The second kappa shape index (κ2) is 5.60. The van der Waals surface area contributed by atoms with E-state index >= 15 is 0 Å². The molecule has 3 heterocycles. The van der Waals surface area contributed by atoms with Crippen LogP contribution in [0.1, 0.15) is 0 Å². The van der Waals surface area contributed by atoms with Gasteiger partial charge in [-0.15, -0.1) is 0 Å². The molecule has 0 unspecified atom stereocenters. The monoisotopic (exact) mass is 356 g/mol. The van der Waals surface area contributed by atoms with Gasteiger partial charge in [-0.1, -0.05) is 24.3 Å². The molecule has 0 spiro atoms. The van der Waals surface area contributed by atoms with Gasteiger partial charge in [0.2, 0.25) is 5.88 Å². The number of allylic oxidation sites excluding steroid dienone is 4. The van der Waals surface area contributed by atoms with Crippen molar-refractivity contribution in [3.05, 3.63) is 61.1 Å². The summed E-state index contributed by atoms with van der Waals surface area (Å²) in [7, 11) is 1.61. The molecule has 0 radical (unpaired) electrons. The molecule has 27 heavy (non-hydrogen) atoms. The summed E-state index contributed by atoms with van der Waals surface area (Å²) in [5.74, 6) is 0.759. The fourth-order valence-electron chi connectivity index (χ4n) is 3.48. The Bertz CT molecular complexity index is 1280. The zero-order chi connectivity index (χ0) is 18.5. The van der Waals surface area contributed by atoms with Crippen LogP contribution in [0.15, 0.2) is 61.1 Å². The van der Waals surface area contributed by atoms with Crippen LogP contribution in [0.4, 0.5) is 5.69 Å². The molecule has 1 aromatic carbocycles. The predicted molar refractivity (Wildman–Crippen MR) is 107 cm³/mol. The lowest BCUT2D eigenvalue weighted by atomic mass is 10.0. The fraction of sp³-hybridized carbons (Fsp3) is 0.0476. The number of aromatic nitrogens is 3. The molecule has 0 fully saturated rings. The average molecular weight is 356 g/mol. The maximum Gasteiger partial charge on any atom is 0.207 e. The summed E-state index contributed by atoms with van der Waals surface area (Å²) in [6.07, 6.45) is 10.9. The highest BCUT2D eigenvalue weighted by Crippen LogP contribution is 2.41. The number of hydrogen-bond acceptors (Lipinski definition) is 5. The molecule has 3 N–H and O–H groups in total. The fourth-order valence-corrected chi connectivity index (χ4v) is 3.48. The van der Waals surface area contributed by atoms with E-state index in [0.29, 0.717) is 22.3 Å². The first kappa shape index (κ1) is 15.5. The summed E-state index contributed by atoms with van der Waals surface area (Å²) in [6, 6.07) is 7.70. The molecular weight excluding hydrogens is 340 g/mol. The molecule has 4 aromatic rings. The van der Waals surface area contributed by atoms with Gasteiger partial charge < -0.3 is 15.6 Å². The Morgan fingerprint density at radius 2 is 2.04 bits per heavy atom. The van der Waals surface area contributed by atoms with Crippen LogP contribution in [-0.4, -0.2) is 26.8 Å². The number of nitrogen functional groups attached to an aromatic ring is 1. The Morgan fingerprint density at radius 1 is 1.19 bits per heavy atom. The van der Waals surface area contributed by atoms with Crippen LogP contribution in [0.25, 0.3) is 38.6 Å². The van der Waals surface area contributed by atoms with Crippen molar-refractivity contribution in [2.75, 3.05) is 12.8 Å². The molecule has 1 aliphatic rings. The first-order valence-electron chi connectivity index (χ1n) is 8.48. The smallest absolute Gasteiger partial charge is 0.207 e. The lowest BCUT2D eigenvalue weighted by Gasteiger charge is -2.12. The van der Waals surface area contributed by atoms with E-state index in [2.05, 4.69) is 4.98 Å². The highest BCUT2D eigenvalue weighted by atomic mass is 16.5. The molecule has 3 aromatic heterocycles. The molecule has 0 aliphatic heterocycles. The summed E-state index contributed by atoms with van der Waals surface area (Å²) in [4.78, 5) is 8.94. The lowest BCUT2D eigenvalue weighted by molar-refractivity contribution is 0.414. The third-order valence-corrected chi connectivity index (χ3v) is 4.89. The zero-order valence-corrected chi connectivity index (χ0v) is 14.5. The molecule has 0 atom stereocenters. The van der Waals surface area contributed by atoms with Crippen molar-refractivity contribution < 1.29 is 9.84 Å². The third-order valence-electron chi connectivity index (χ3n) is 4.89. The van der Waals surface area contributed by atoms with Crippen molar-refractivity contribution in [1.29, 1.82) is 0 Å². The van der Waals surface area contributed by atoms with Crippen LogP contribution in [0.5, 0.6) is 11.6 Å². The van der Waals surface area contributed by atoms with Crippen molar-refractivity contribution in [2.45, 2.75) is 0 Å². The highest BCUT2D eigenvalue weighted by molar-refractivity contribution is 6.12. The average Bonchev–Trinajstić information content (AvgIpc) is 2.96. The number of nitrogens with zero attached hydrogens (tertiary/aromatic N) is 3. The van der Waals surface area contributed by atoms with Crippen molar-refractivity contribution in [3.63, 3.8) is 0 Å². The third kappa shape index (κ3) is 2.13. The van der Waals surface area contributed by atoms with E-state index in [4.69, 9.17) is 15.5 Å². The maximum absolute atomic E-state index is 10.7. The summed E-state index contributed by atoms with van der Waals surface area (Å²) >= 11 is 0. The number of benzene rings is 1. The van der Waals surface area contributed by atoms with Gasteiger partial charge in [0.1, 0.15) is 5.75 Å².